The van der Waals surface area contributed by atoms with Crippen LogP contribution in [0.1, 0.15) is 42.9 Å². The van der Waals surface area contributed by atoms with E-state index in [1.54, 1.807) is 6.07 Å². The van der Waals surface area contributed by atoms with E-state index in [4.69, 9.17) is 9.26 Å². The Hall–Kier alpha value is -1.40. The molecule has 2 atom stereocenters. The first-order valence-electron chi connectivity index (χ1n) is 8.14. The number of nitrogens with zero attached hydrogens (tertiary/aromatic N) is 3. The van der Waals surface area contributed by atoms with Crippen molar-refractivity contribution in [1.29, 1.82) is 0 Å². The fourth-order valence-corrected chi connectivity index (χ4v) is 3.32. The van der Waals surface area contributed by atoms with Gasteiger partial charge in [0, 0.05) is 38.3 Å². The average molecular weight is 307 g/mol. The lowest BCUT2D eigenvalue weighted by Crippen LogP contribution is -2.47. The zero-order chi connectivity index (χ0) is 15.7. The SMILES string of the molecule is CC(C)c1cc(C(=O)N2C[C@@H](C)[C@@H](N3CCOCC3)C2)on1. The summed E-state index contributed by atoms with van der Waals surface area (Å²) >= 11 is 0. The molecular formula is C16H25N3O3. The molecule has 6 heteroatoms. The molecule has 2 fully saturated rings. The van der Waals surface area contributed by atoms with E-state index in [1.807, 2.05) is 18.7 Å². The normalized spacial score (nSPS) is 26.8. The molecule has 0 N–H and O–H groups in total. The first kappa shape index (κ1) is 15.5. The molecule has 122 valence electrons. The molecule has 0 aliphatic carbocycles. The van der Waals surface area contributed by atoms with Crippen LogP contribution < -0.4 is 0 Å². The van der Waals surface area contributed by atoms with Crippen molar-refractivity contribution >= 4 is 5.91 Å². The summed E-state index contributed by atoms with van der Waals surface area (Å²) in [7, 11) is 0. The Morgan fingerprint density at radius 3 is 2.68 bits per heavy atom. The van der Waals surface area contributed by atoms with E-state index in [0.717, 1.165) is 45.1 Å². The molecule has 0 radical (unpaired) electrons. The lowest BCUT2D eigenvalue weighted by atomic mass is 10.0. The summed E-state index contributed by atoms with van der Waals surface area (Å²) in [4.78, 5) is 16.9. The van der Waals surface area contributed by atoms with Crippen molar-refractivity contribution in [3.63, 3.8) is 0 Å². The van der Waals surface area contributed by atoms with E-state index in [1.165, 1.54) is 0 Å². The third kappa shape index (κ3) is 3.03. The maximum atomic E-state index is 12.6. The summed E-state index contributed by atoms with van der Waals surface area (Å²) in [6.07, 6.45) is 0. The number of carbonyl (C=O) groups excluding carboxylic acids is 1. The van der Waals surface area contributed by atoms with Crippen LogP contribution in [0.3, 0.4) is 0 Å². The molecule has 0 saturated carbocycles. The van der Waals surface area contributed by atoms with Crippen molar-refractivity contribution in [1.82, 2.24) is 15.0 Å². The molecular weight excluding hydrogens is 282 g/mol. The van der Waals surface area contributed by atoms with Gasteiger partial charge in [-0.25, -0.2) is 0 Å². The predicted octanol–water partition coefficient (Wildman–Crippen LogP) is 1.59. The number of aromatic nitrogens is 1. The number of carbonyl (C=O) groups is 1. The second-order valence-corrected chi connectivity index (χ2v) is 6.67. The summed E-state index contributed by atoms with van der Waals surface area (Å²) in [6.45, 7) is 11.3. The van der Waals surface area contributed by atoms with E-state index in [-0.39, 0.29) is 11.8 Å². The van der Waals surface area contributed by atoms with Crippen LogP contribution in [0.2, 0.25) is 0 Å². The topological polar surface area (TPSA) is 58.8 Å². The van der Waals surface area contributed by atoms with Gasteiger partial charge in [-0.3, -0.25) is 9.69 Å². The van der Waals surface area contributed by atoms with Crippen molar-refractivity contribution in [3.05, 3.63) is 17.5 Å². The molecule has 1 aromatic rings. The van der Waals surface area contributed by atoms with Gasteiger partial charge in [-0.15, -0.1) is 0 Å². The Labute approximate surface area is 131 Å². The van der Waals surface area contributed by atoms with Crippen LogP contribution in [-0.4, -0.2) is 66.3 Å². The first-order chi connectivity index (χ1) is 10.6. The second-order valence-electron chi connectivity index (χ2n) is 6.67. The van der Waals surface area contributed by atoms with Crippen LogP contribution in [0.4, 0.5) is 0 Å². The number of hydrogen-bond donors (Lipinski definition) is 0. The molecule has 1 aromatic heterocycles. The number of hydrogen-bond acceptors (Lipinski definition) is 5. The summed E-state index contributed by atoms with van der Waals surface area (Å²) in [5.41, 5.74) is 0.834. The summed E-state index contributed by atoms with van der Waals surface area (Å²) in [5.74, 6) is 1.05. The molecule has 2 aliphatic rings. The highest BCUT2D eigenvalue weighted by Crippen LogP contribution is 2.25. The van der Waals surface area contributed by atoms with Crippen molar-refractivity contribution in [2.45, 2.75) is 32.7 Å². The van der Waals surface area contributed by atoms with Crippen molar-refractivity contribution in [2.75, 3.05) is 39.4 Å². The largest absolute Gasteiger partial charge is 0.379 e. The van der Waals surface area contributed by atoms with Crippen LogP contribution in [0.25, 0.3) is 0 Å². The zero-order valence-electron chi connectivity index (χ0n) is 13.6. The molecule has 6 nitrogen and oxygen atoms in total. The monoisotopic (exact) mass is 307 g/mol. The second kappa shape index (κ2) is 6.38. The number of rotatable bonds is 3. The molecule has 0 unspecified atom stereocenters. The van der Waals surface area contributed by atoms with Crippen molar-refractivity contribution < 1.29 is 14.1 Å². The number of amides is 1. The van der Waals surface area contributed by atoms with Crippen molar-refractivity contribution in [3.8, 4) is 0 Å². The Morgan fingerprint density at radius 2 is 2.05 bits per heavy atom. The smallest absolute Gasteiger partial charge is 0.292 e. The minimum atomic E-state index is -0.0398. The van der Waals surface area contributed by atoms with Gasteiger partial charge in [0.25, 0.3) is 5.91 Å². The quantitative estimate of drug-likeness (QED) is 0.849. The highest BCUT2D eigenvalue weighted by Gasteiger charge is 2.37. The minimum absolute atomic E-state index is 0.0398. The van der Waals surface area contributed by atoms with Crippen LogP contribution in [0, 0.1) is 5.92 Å². The molecule has 22 heavy (non-hydrogen) atoms. The van der Waals surface area contributed by atoms with Gasteiger partial charge >= 0.3 is 0 Å². The molecule has 0 bridgehead atoms. The highest BCUT2D eigenvalue weighted by molar-refractivity contribution is 5.91. The van der Waals surface area contributed by atoms with E-state index >= 15 is 0 Å². The molecule has 3 rings (SSSR count). The highest BCUT2D eigenvalue weighted by atomic mass is 16.5. The Bertz CT molecular complexity index is 522. The maximum absolute atomic E-state index is 12.6. The summed E-state index contributed by atoms with van der Waals surface area (Å²) < 4.78 is 10.7. The average Bonchev–Trinajstić information content (AvgIpc) is 3.14. The van der Waals surface area contributed by atoms with Gasteiger partial charge in [-0.05, 0) is 11.8 Å². The third-order valence-corrected chi connectivity index (χ3v) is 4.71. The van der Waals surface area contributed by atoms with Gasteiger partial charge in [-0.2, -0.15) is 0 Å². The Balaban J connectivity index is 1.66. The number of likely N-dealkylation sites (tertiary alicyclic amines) is 1. The first-order valence-corrected chi connectivity index (χ1v) is 8.14. The van der Waals surface area contributed by atoms with Gasteiger partial charge in [0.2, 0.25) is 5.76 Å². The van der Waals surface area contributed by atoms with Gasteiger partial charge in [0.05, 0.1) is 18.9 Å². The predicted molar refractivity (Wildman–Crippen MR) is 81.8 cm³/mol. The molecule has 2 aliphatic heterocycles. The van der Waals surface area contributed by atoms with Crippen molar-refractivity contribution in [2.24, 2.45) is 5.92 Å². The molecule has 3 heterocycles. The Morgan fingerprint density at radius 1 is 1.32 bits per heavy atom. The molecule has 1 amide bonds. The van der Waals surface area contributed by atoms with E-state index in [0.29, 0.717) is 17.7 Å². The minimum Gasteiger partial charge on any atom is -0.379 e. The van der Waals surface area contributed by atoms with Crippen LogP contribution in [0.5, 0.6) is 0 Å². The molecule has 0 spiro atoms. The van der Waals surface area contributed by atoms with Gasteiger partial charge in [0.1, 0.15) is 0 Å². The van der Waals surface area contributed by atoms with E-state index in [9.17, 15) is 4.79 Å². The lowest BCUT2D eigenvalue weighted by Gasteiger charge is -2.33. The fourth-order valence-electron chi connectivity index (χ4n) is 3.32. The van der Waals surface area contributed by atoms with Gasteiger partial charge in [-0.1, -0.05) is 25.9 Å². The zero-order valence-corrected chi connectivity index (χ0v) is 13.6. The summed E-state index contributed by atoms with van der Waals surface area (Å²) in [6, 6.07) is 2.19. The van der Waals surface area contributed by atoms with Gasteiger partial charge < -0.3 is 14.2 Å². The van der Waals surface area contributed by atoms with Gasteiger partial charge in [0.15, 0.2) is 0 Å². The lowest BCUT2D eigenvalue weighted by molar-refractivity contribution is 0.0118. The standard InChI is InChI=1S/C16H25N3O3/c1-11(2)13-8-15(22-17-13)16(20)19-9-12(3)14(10-19)18-4-6-21-7-5-18/h8,11-12,14H,4-7,9-10H2,1-3H3/t12-,14+/m1/s1. The van der Waals surface area contributed by atoms with Crippen LogP contribution in [-0.2, 0) is 4.74 Å². The van der Waals surface area contributed by atoms with Crippen LogP contribution >= 0.6 is 0 Å². The molecule has 0 aromatic carbocycles. The van der Waals surface area contributed by atoms with Crippen LogP contribution in [0.15, 0.2) is 10.6 Å². The number of morpholine rings is 1. The summed E-state index contributed by atoms with van der Waals surface area (Å²) in [5, 5.41) is 3.99. The number of ether oxygens (including phenoxy) is 1. The van der Waals surface area contributed by atoms with E-state index in [2.05, 4.69) is 17.0 Å². The molecule has 2 saturated heterocycles. The fraction of sp³-hybridized carbons (Fsp3) is 0.750. The third-order valence-electron chi connectivity index (χ3n) is 4.71. The Kier molecular flexibility index (Phi) is 4.49. The maximum Gasteiger partial charge on any atom is 0.292 e. The van der Waals surface area contributed by atoms with E-state index < -0.39 is 0 Å².